The molecule has 4 bridgehead atoms. The Morgan fingerprint density at radius 3 is 2.45 bits per heavy atom. The van der Waals surface area contributed by atoms with E-state index in [0.717, 1.165) is 17.8 Å². The number of hydrogen-bond acceptors (Lipinski definition) is 3. The topological polar surface area (TPSA) is 75.5 Å². The summed E-state index contributed by atoms with van der Waals surface area (Å²) in [7, 11) is 0. The molecule has 0 radical (unpaired) electrons. The Labute approximate surface area is 179 Å². The smallest absolute Gasteiger partial charge is 0.255 e. The number of nitrogens with zero attached hydrogens (tertiary/aromatic N) is 2. The lowest BCUT2D eigenvalue weighted by Crippen LogP contribution is -2.51. The van der Waals surface area contributed by atoms with Gasteiger partial charge in [0.2, 0.25) is 5.91 Å². The minimum atomic E-state index is -2.59. The quantitative estimate of drug-likeness (QED) is 0.708. The van der Waals surface area contributed by atoms with Gasteiger partial charge in [0.05, 0.1) is 29.7 Å². The van der Waals surface area contributed by atoms with E-state index >= 15 is 0 Å². The average molecular weight is 430 g/mol. The second-order valence-corrected chi connectivity index (χ2v) is 9.86. The standard InChI is InChI=1S/C23H28F2N4O2/c24-20(25)12-26-21(30)8-17-7-19-18(2-1-3-29(19)28-17)22(31)27-13-23-9-14-4-15(10-23)6-16(5-14)11-23/h1-3,7,14-16,20H,4-6,8-13H2,(H,26,30)(H,27,31). The minimum Gasteiger partial charge on any atom is -0.351 e. The van der Waals surface area contributed by atoms with Crippen molar-refractivity contribution in [3.8, 4) is 0 Å². The van der Waals surface area contributed by atoms with Crippen LogP contribution in [0.4, 0.5) is 8.78 Å². The summed E-state index contributed by atoms with van der Waals surface area (Å²) in [4.78, 5) is 24.9. The van der Waals surface area contributed by atoms with Gasteiger partial charge in [-0.1, -0.05) is 0 Å². The number of carbonyl (C=O) groups is 2. The van der Waals surface area contributed by atoms with Crippen molar-refractivity contribution in [1.29, 1.82) is 0 Å². The zero-order valence-corrected chi connectivity index (χ0v) is 17.4. The fourth-order valence-electron chi connectivity index (χ4n) is 6.63. The van der Waals surface area contributed by atoms with Gasteiger partial charge in [0.1, 0.15) is 0 Å². The van der Waals surface area contributed by atoms with Crippen LogP contribution in [0.25, 0.3) is 5.52 Å². The van der Waals surface area contributed by atoms with Gasteiger partial charge in [0.15, 0.2) is 0 Å². The monoisotopic (exact) mass is 430 g/mol. The number of halogens is 2. The van der Waals surface area contributed by atoms with E-state index in [9.17, 15) is 18.4 Å². The van der Waals surface area contributed by atoms with Crippen LogP contribution < -0.4 is 10.6 Å². The first kappa shape index (κ1) is 20.4. The fraction of sp³-hybridized carbons (Fsp3) is 0.609. The van der Waals surface area contributed by atoms with Crippen LogP contribution in [0.3, 0.4) is 0 Å². The van der Waals surface area contributed by atoms with Crippen molar-refractivity contribution in [2.45, 2.75) is 51.4 Å². The van der Waals surface area contributed by atoms with E-state index < -0.39 is 18.9 Å². The summed E-state index contributed by atoms with van der Waals surface area (Å²) >= 11 is 0. The predicted octanol–water partition coefficient (Wildman–Crippen LogP) is 3.20. The highest BCUT2D eigenvalue weighted by Crippen LogP contribution is 2.59. The minimum absolute atomic E-state index is 0.108. The number of carbonyl (C=O) groups excluding carboxylic acids is 2. The van der Waals surface area contributed by atoms with Crippen LogP contribution in [0.15, 0.2) is 24.4 Å². The molecule has 4 saturated carbocycles. The van der Waals surface area contributed by atoms with Gasteiger partial charge in [0, 0.05) is 12.7 Å². The molecule has 4 fully saturated rings. The lowest BCUT2D eigenvalue weighted by Gasteiger charge is -2.56. The van der Waals surface area contributed by atoms with E-state index in [1.807, 2.05) is 0 Å². The maximum atomic E-state index is 13.0. The van der Waals surface area contributed by atoms with Crippen molar-refractivity contribution in [3.63, 3.8) is 0 Å². The van der Waals surface area contributed by atoms with Gasteiger partial charge < -0.3 is 10.6 Å². The SMILES string of the molecule is O=C(Cc1cc2c(C(=O)NCC34CC5CC(CC(C5)C3)C4)cccn2n1)NCC(F)F. The summed E-state index contributed by atoms with van der Waals surface area (Å²) in [6, 6.07) is 5.19. The fourth-order valence-corrected chi connectivity index (χ4v) is 6.63. The summed E-state index contributed by atoms with van der Waals surface area (Å²) in [6.45, 7) is 0.0393. The van der Waals surface area contributed by atoms with Gasteiger partial charge in [-0.2, -0.15) is 5.10 Å². The summed E-state index contributed by atoms with van der Waals surface area (Å²) in [6.07, 6.45) is 6.82. The molecule has 6 rings (SSSR count). The van der Waals surface area contributed by atoms with E-state index in [4.69, 9.17) is 0 Å². The Bertz CT molecular complexity index is 967. The molecular weight excluding hydrogens is 402 g/mol. The highest BCUT2D eigenvalue weighted by Gasteiger charge is 2.50. The first-order valence-corrected chi connectivity index (χ1v) is 11.2. The van der Waals surface area contributed by atoms with Crippen LogP contribution >= 0.6 is 0 Å². The van der Waals surface area contributed by atoms with E-state index in [0.29, 0.717) is 23.3 Å². The second-order valence-electron chi connectivity index (χ2n) is 9.86. The molecule has 2 amide bonds. The lowest BCUT2D eigenvalue weighted by atomic mass is 9.49. The largest absolute Gasteiger partial charge is 0.351 e. The van der Waals surface area contributed by atoms with Gasteiger partial charge in [-0.25, -0.2) is 13.3 Å². The van der Waals surface area contributed by atoms with E-state index in [1.54, 1.807) is 28.9 Å². The highest BCUT2D eigenvalue weighted by atomic mass is 19.3. The molecule has 2 aromatic rings. The van der Waals surface area contributed by atoms with Crippen molar-refractivity contribution >= 4 is 17.3 Å². The maximum Gasteiger partial charge on any atom is 0.255 e. The summed E-state index contributed by atoms with van der Waals surface area (Å²) < 4.78 is 26.1. The number of amides is 2. The second kappa shape index (κ2) is 7.88. The molecule has 8 heteroatoms. The zero-order chi connectivity index (χ0) is 21.6. The van der Waals surface area contributed by atoms with Gasteiger partial charge >= 0.3 is 0 Å². The number of pyridine rings is 1. The van der Waals surface area contributed by atoms with Crippen molar-refractivity contribution in [3.05, 3.63) is 35.7 Å². The Balaban J connectivity index is 1.27. The summed E-state index contributed by atoms with van der Waals surface area (Å²) in [5.41, 5.74) is 1.82. The first-order valence-electron chi connectivity index (χ1n) is 11.2. The number of aromatic nitrogens is 2. The number of alkyl halides is 2. The van der Waals surface area contributed by atoms with Crippen LogP contribution in [0, 0.1) is 23.2 Å². The van der Waals surface area contributed by atoms with E-state index in [2.05, 4.69) is 15.7 Å². The normalized spacial score (nSPS) is 28.9. The van der Waals surface area contributed by atoms with Crippen LogP contribution in [0.1, 0.15) is 54.6 Å². The predicted molar refractivity (Wildman–Crippen MR) is 111 cm³/mol. The van der Waals surface area contributed by atoms with Crippen molar-refractivity contribution in [2.75, 3.05) is 13.1 Å². The van der Waals surface area contributed by atoms with Crippen molar-refractivity contribution in [1.82, 2.24) is 20.2 Å². The Morgan fingerprint density at radius 1 is 1.13 bits per heavy atom. The van der Waals surface area contributed by atoms with Gasteiger partial charge in [-0.05, 0) is 79.9 Å². The van der Waals surface area contributed by atoms with Gasteiger partial charge in [-0.15, -0.1) is 0 Å². The van der Waals surface area contributed by atoms with Gasteiger partial charge in [0.25, 0.3) is 12.3 Å². The molecule has 4 aliphatic rings. The Hall–Kier alpha value is -2.51. The molecule has 4 aliphatic carbocycles. The lowest BCUT2D eigenvalue weighted by molar-refractivity contribution is -0.121. The molecule has 2 aromatic heterocycles. The van der Waals surface area contributed by atoms with Crippen LogP contribution in [-0.4, -0.2) is 40.9 Å². The van der Waals surface area contributed by atoms with Crippen LogP contribution in [0.2, 0.25) is 0 Å². The third-order valence-corrected chi connectivity index (χ3v) is 7.38. The number of rotatable bonds is 7. The molecule has 31 heavy (non-hydrogen) atoms. The number of fused-ring (bicyclic) bond motifs is 1. The third kappa shape index (κ3) is 4.16. The first-order chi connectivity index (χ1) is 14.9. The maximum absolute atomic E-state index is 13.0. The molecule has 0 atom stereocenters. The molecule has 0 spiro atoms. The zero-order valence-electron chi connectivity index (χ0n) is 17.4. The molecule has 2 heterocycles. The van der Waals surface area contributed by atoms with Crippen molar-refractivity contribution < 1.29 is 18.4 Å². The molecular formula is C23H28F2N4O2. The molecule has 0 aliphatic heterocycles. The van der Waals surface area contributed by atoms with Crippen LogP contribution in [0.5, 0.6) is 0 Å². The molecule has 0 aromatic carbocycles. The summed E-state index contributed by atoms with van der Waals surface area (Å²) in [5, 5.41) is 9.69. The molecule has 2 N–H and O–H groups in total. The highest BCUT2D eigenvalue weighted by molar-refractivity contribution is 6.00. The average Bonchev–Trinajstić information content (AvgIpc) is 3.12. The number of nitrogens with one attached hydrogen (secondary N) is 2. The van der Waals surface area contributed by atoms with Crippen molar-refractivity contribution in [2.24, 2.45) is 23.2 Å². The van der Waals surface area contributed by atoms with E-state index in [1.165, 1.54) is 38.5 Å². The Morgan fingerprint density at radius 2 is 1.81 bits per heavy atom. The molecule has 166 valence electrons. The van der Waals surface area contributed by atoms with Crippen LogP contribution in [-0.2, 0) is 11.2 Å². The molecule has 0 unspecified atom stereocenters. The summed E-state index contributed by atoms with van der Waals surface area (Å²) in [5.74, 6) is 1.85. The third-order valence-electron chi connectivity index (χ3n) is 7.38. The van der Waals surface area contributed by atoms with E-state index in [-0.39, 0.29) is 17.7 Å². The molecule has 0 saturated heterocycles. The van der Waals surface area contributed by atoms with Gasteiger partial charge in [-0.3, -0.25) is 9.59 Å². The number of hydrogen-bond donors (Lipinski definition) is 2. The molecule has 6 nitrogen and oxygen atoms in total. The Kier molecular flexibility index (Phi) is 5.18.